The maximum absolute atomic E-state index is 2.51. The highest BCUT2D eigenvalue weighted by Gasteiger charge is 2.70. The van der Waals surface area contributed by atoms with Crippen LogP contribution in [-0.4, -0.2) is 0 Å². The molecule has 2 saturated carbocycles. The maximum atomic E-state index is 2.51. The lowest BCUT2D eigenvalue weighted by atomic mass is 9.83. The molecule has 0 aliphatic heterocycles. The largest absolute Gasteiger partial charge is 0.0625 e. The van der Waals surface area contributed by atoms with Crippen molar-refractivity contribution in [3.05, 3.63) is 0 Å². The molecule has 0 aromatic rings. The van der Waals surface area contributed by atoms with E-state index >= 15 is 0 Å². The first-order valence-electron chi connectivity index (χ1n) is 5.39. The zero-order valence-corrected chi connectivity index (χ0v) is 9.15. The van der Waals surface area contributed by atoms with Crippen molar-refractivity contribution in [2.45, 2.75) is 47.5 Å². The lowest BCUT2D eigenvalue weighted by molar-refractivity contribution is 0.271. The molecule has 0 heteroatoms. The molecule has 0 nitrogen and oxygen atoms in total. The predicted octanol–water partition coefficient (Wildman–Crippen LogP) is 3.71. The van der Waals surface area contributed by atoms with E-state index in [1.807, 2.05) is 0 Å². The van der Waals surface area contributed by atoms with Crippen LogP contribution in [0.4, 0.5) is 0 Å². The Hall–Kier alpha value is 0. The van der Waals surface area contributed by atoms with Crippen LogP contribution in [-0.2, 0) is 0 Å². The SMILES string of the molecule is CC(C)C1C2C(C)(C)CCC12C. The Bertz CT molecular complexity index is 202. The molecule has 0 N–H and O–H groups in total. The van der Waals surface area contributed by atoms with Crippen molar-refractivity contribution in [3.63, 3.8) is 0 Å². The highest BCUT2D eigenvalue weighted by atomic mass is 14.7. The van der Waals surface area contributed by atoms with Gasteiger partial charge in [-0.25, -0.2) is 0 Å². The number of hydrogen-bond acceptors (Lipinski definition) is 0. The summed E-state index contributed by atoms with van der Waals surface area (Å²) in [5, 5.41) is 0. The molecular formula is C12H22. The van der Waals surface area contributed by atoms with Gasteiger partial charge in [-0.2, -0.15) is 0 Å². The molecule has 0 aromatic carbocycles. The van der Waals surface area contributed by atoms with Crippen LogP contribution in [0.2, 0.25) is 0 Å². The van der Waals surface area contributed by atoms with Crippen LogP contribution in [0, 0.1) is 28.6 Å². The lowest BCUT2D eigenvalue weighted by Gasteiger charge is -2.22. The summed E-state index contributed by atoms with van der Waals surface area (Å²) in [6, 6.07) is 0. The molecule has 70 valence electrons. The van der Waals surface area contributed by atoms with Crippen LogP contribution in [0.5, 0.6) is 0 Å². The Labute approximate surface area is 76.7 Å². The molecule has 2 rings (SSSR count). The Morgan fingerprint density at radius 1 is 1.08 bits per heavy atom. The van der Waals surface area contributed by atoms with Gasteiger partial charge in [0.1, 0.15) is 0 Å². The summed E-state index contributed by atoms with van der Waals surface area (Å²) in [7, 11) is 0. The molecule has 3 atom stereocenters. The van der Waals surface area contributed by atoms with Crippen molar-refractivity contribution in [1.29, 1.82) is 0 Å². The van der Waals surface area contributed by atoms with E-state index in [2.05, 4.69) is 34.6 Å². The van der Waals surface area contributed by atoms with Crippen molar-refractivity contribution >= 4 is 0 Å². The van der Waals surface area contributed by atoms with E-state index in [1.54, 1.807) is 0 Å². The third-order valence-corrected chi connectivity index (χ3v) is 4.59. The molecule has 2 aliphatic carbocycles. The normalized spacial score (nSPS) is 49.5. The molecule has 0 saturated heterocycles. The molecule has 0 radical (unpaired) electrons. The van der Waals surface area contributed by atoms with Crippen molar-refractivity contribution in [2.75, 3.05) is 0 Å². The molecule has 3 unspecified atom stereocenters. The fourth-order valence-corrected chi connectivity index (χ4v) is 4.19. The minimum atomic E-state index is 0.643. The van der Waals surface area contributed by atoms with Crippen LogP contribution in [0.1, 0.15) is 47.5 Å². The Morgan fingerprint density at radius 3 is 1.92 bits per heavy atom. The van der Waals surface area contributed by atoms with Gasteiger partial charge in [0.25, 0.3) is 0 Å². The summed E-state index contributed by atoms with van der Waals surface area (Å²) in [5.41, 5.74) is 1.38. The average molecular weight is 166 g/mol. The lowest BCUT2D eigenvalue weighted by Crippen LogP contribution is -2.14. The number of rotatable bonds is 1. The molecule has 12 heavy (non-hydrogen) atoms. The van der Waals surface area contributed by atoms with Crippen LogP contribution >= 0.6 is 0 Å². The molecule has 0 aromatic heterocycles. The molecule has 0 amide bonds. The molecule has 2 aliphatic rings. The standard InChI is InChI=1S/C12H22/c1-8(2)9-10-11(3,4)6-7-12(9,10)5/h8-10H,6-7H2,1-5H3. The van der Waals surface area contributed by atoms with E-state index in [4.69, 9.17) is 0 Å². The van der Waals surface area contributed by atoms with E-state index in [9.17, 15) is 0 Å². The summed E-state index contributed by atoms with van der Waals surface area (Å²) in [5.74, 6) is 2.96. The Morgan fingerprint density at radius 2 is 1.67 bits per heavy atom. The highest BCUT2D eigenvalue weighted by Crippen LogP contribution is 2.76. The smallest absolute Gasteiger partial charge is 0.0256 e. The highest BCUT2D eigenvalue weighted by molar-refractivity contribution is 5.18. The van der Waals surface area contributed by atoms with Crippen LogP contribution < -0.4 is 0 Å². The second kappa shape index (κ2) is 2.08. The first-order chi connectivity index (χ1) is 5.39. The van der Waals surface area contributed by atoms with E-state index < -0.39 is 0 Å². The number of fused-ring (bicyclic) bond motifs is 1. The Kier molecular flexibility index (Phi) is 1.49. The van der Waals surface area contributed by atoms with Gasteiger partial charge in [0.15, 0.2) is 0 Å². The van der Waals surface area contributed by atoms with E-state index in [0.29, 0.717) is 5.41 Å². The van der Waals surface area contributed by atoms with Gasteiger partial charge in [-0.15, -0.1) is 0 Å². The van der Waals surface area contributed by atoms with E-state index in [-0.39, 0.29) is 0 Å². The first-order valence-corrected chi connectivity index (χ1v) is 5.39. The van der Waals surface area contributed by atoms with Crippen molar-refractivity contribution < 1.29 is 0 Å². The minimum absolute atomic E-state index is 0.643. The first kappa shape index (κ1) is 8.59. The maximum Gasteiger partial charge on any atom is -0.0256 e. The topological polar surface area (TPSA) is 0 Å². The summed E-state index contributed by atoms with van der Waals surface area (Å²) in [6.45, 7) is 12.2. The molecule has 0 heterocycles. The third-order valence-electron chi connectivity index (χ3n) is 4.59. The summed E-state index contributed by atoms with van der Waals surface area (Å²) in [4.78, 5) is 0. The average Bonchev–Trinajstić information content (AvgIpc) is 2.48. The van der Waals surface area contributed by atoms with Gasteiger partial charge in [-0.05, 0) is 41.4 Å². The van der Waals surface area contributed by atoms with Gasteiger partial charge in [0.2, 0.25) is 0 Å². The van der Waals surface area contributed by atoms with Gasteiger partial charge >= 0.3 is 0 Å². The third kappa shape index (κ3) is 0.843. The van der Waals surface area contributed by atoms with Gasteiger partial charge in [-0.3, -0.25) is 0 Å². The molecular weight excluding hydrogens is 144 g/mol. The van der Waals surface area contributed by atoms with Gasteiger partial charge in [0, 0.05) is 0 Å². The summed E-state index contributed by atoms with van der Waals surface area (Å²) >= 11 is 0. The van der Waals surface area contributed by atoms with Crippen LogP contribution in [0.3, 0.4) is 0 Å². The van der Waals surface area contributed by atoms with Crippen molar-refractivity contribution in [3.8, 4) is 0 Å². The van der Waals surface area contributed by atoms with Gasteiger partial charge < -0.3 is 0 Å². The quantitative estimate of drug-likeness (QED) is 0.557. The summed E-state index contributed by atoms with van der Waals surface area (Å²) in [6.07, 6.45) is 2.94. The van der Waals surface area contributed by atoms with Crippen LogP contribution in [0.15, 0.2) is 0 Å². The monoisotopic (exact) mass is 166 g/mol. The molecule has 2 fully saturated rings. The number of hydrogen-bond donors (Lipinski definition) is 0. The van der Waals surface area contributed by atoms with E-state index in [1.165, 1.54) is 12.8 Å². The zero-order valence-electron chi connectivity index (χ0n) is 9.15. The van der Waals surface area contributed by atoms with Gasteiger partial charge in [-0.1, -0.05) is 34.6 Å². The van der Waals surface area contributed by atoms with E-state index in [0.717, 1.165) is 23.2 Å². The molecule has 0 bridgehead atoms. The zero-order chi connectivity index (χ0) is 9.15. The molecule has 0 spiro atoms. The van der Waals surface area contributed by atoms with Crippen molar-refractivity contribution in [1.82, 2.24) is 0 Å². The predicted molar refractivity (Wildman–Crippen MR) is 52.9 cm³/mol. The van der Waals surface area contributed by atoms with Gasteiger partial charge in [0.05, 0.1) is 0 Å². The second-order valence-electron chi connectivity index (χ2n) is 6.24. The fourth-order valence-electron chi connectivity index (χ4n) is 4.19. The Balaban J connectivity index is 2.19. The summed E-state index contributed by atoms with van der Waals surface area (Å²) < 4.78 is 0. The second-order valence-corrected chi connectivity index (χ2v) is 6.24. The van der Waals surface area contributed by atoms with Crippen molar-refractivity contribution in [2.24, 2.45) is 28.6 Å². The fraction of sp³-hybridized carbons (Fsp3) is 1.00. The van der Waals surface area contributed by atoms with Crippen LogP contribution in [0.25, 0.3) is 0 Å². The minimum Gasteiger partial charge on any atom is -0.0625 e.